The van der Waals surface area contributed by atoms with E-state index in [-0.39, 0.29) is 5.57 Å². The molecule has 0 spiro atoms. The number of hydrogen-bond donors (Lipinski definition) is 1. The van der Waals surface area contributed by atoms with E-state index in [0.29, 0.717) is 23.0 Å². The zero-order valence-electron chi connectivity index (χ0n) is 18.3. The van der Waals surface area contributed by atoms with Crippen LogP contribution in [0.1, 0.15) is 16.8 Å². The minimum Gasteiger partial charge on any atom is -0.495 e. The summed E-state index contributed by atoms with van der Waals surface area (Å²) in [5, 5.41) is 14.0. The molecule has 0 aliphatic heterocycles. The third-order valence-electron chi connectivity index (χ3n) is 5.53. The number of methoxy groups -OCH3 is 1. The van der Waals surface area contributed by atoms with Crippen LogP contribution in [0.4, 0.5) is 5.69 Å². The molecule has 0 unspecified atom stereocenters. The van der Waals surface area contributed by atoms with Gasteiger partial charge in [-0.15, -0.1) is 0 Å². The molecule has 0 fully saturated rings. The van der Waals surface area contributed by atoms with Crippen LogP contribution in [0.3, 0.4) is 0 Å². The molecule has 1 aromatic heterocycles. The highest BCUT2D eigenvalue weighted by molar-refractivity contribution is 6.31. The van der Waals surface area contributed by atoms with Gasteiger partial charge in [0.15, 0.2) is 0 Å². The molecular formula is C27H22ClN3O2. The predicted octanol–water partition coefficient (Wildman–Crippen LogP) is 6.21. The van der Waals surface area contributed by atoms with Crippen molar-refractivity contribution in [3.05, 3.63) is 100 Å². The molecule has 33 heavy (non-hydrogen) atoms. The number of halogens is 1. The van der Waals surface area contributed by atoms with Crippen molar-refractivity contribution in [3.8, 4) is 11.8 Å². The number of fused-ring (bicyclic) bond motifs is 1. The SMILES string of the molecule is COc1ccc(Cl)cc1NC(=O)/C(C#N)=C/c1c(C)n(Cc2ccccc2)c2ccccc12. The Morgan fingerprint density at radius 1 is 1.12 bits per heavy atom. The Morgan fingerprint density at radius 3 is 2.58 bits per heavy atom. The lowest BCUT2D eigenvalue weighted by Crippen LogP contribution is -2.14. The Bertz CT molecular complexity index is 1400. The molecule has 0 saturated heterocycles. The molecule has 5 nitrogen and oxygen atoms in total. The van der Waals surface area contributed by atoms with Crippen molar-refractivity contribution in [1.82, 2.24) is 4.57 Å². The molecular weight excluding hydrogens is 434 g/mol. The highest BCUT2D eigenvalue weighted by Crippen LogP contribution is 2.30. The van der Waals surface area contributed by atoms with Gasteiger partial charge in [0.2, 0.25) is 0 Å². The van der Waals surface area contributed by atoms with Crippen LogP contribution >= 0.6 is 11.6 Å². The first-order valence-electron chi connectivity index (χ1n) is 10.4. The van der Waals surface area contributed by atoms with Crippen LogP contribution in [0.5, 0.6) is 5.75 Å². The van der Waals surface area contributed by atoms with E-state index in [4.69, 9.17) is 16.3 Å². The van der Waals surface area contributed by atoms with Gasteiger partial charge in [-0.2, -0.15) is 5.26 Å². The summed E-state index contributed by atoms with van der Waals surface area (Å²) in [6.45, 7) is 2.69. The molecule has 0 bridgehead atoms. The fourth-order valence-corrected chi connectivity index (χ4v) is 4.04. The van der Waals surface area contributed by atoms with Crippen LogP contribution < -0.4 is 10.1 Å². The quantitative estimate of drug-likeness (QED) is 0.278. The molecule has 0 saturated carbocycles. The second kappa shape index (κ2) is 9.64. The first-order chi connectivity index (χ1) is 16.0. The molecule has 0 radical (unpaired) electrons. The number of anilines is 1. The van der Waals surface area contributed by atoms with Crippen LogP contribution in [0.25, 0.3) is 17.0 Å². The molecule has 0 atom stereocenters. The van der Waals surface area contributed by atoms with Crippen molar-refractivity contribution in [2.75, 3.05) is 12.4 Å². The summed E-state index contributed by atoms with van der Waals surface area (Å²) in [5.41, 5.74) is 4.41. The highest BCUT2D eigenvalue weighted by Gasteiger charge is 2.17. The monoisotopic (exact) mass is 455 g/mol. The Hall–Kier alpha value is -4.01. The molecule has 0 aliphatic carbocycles. The second-order valence-corrected chi connectivity index (χ2v) is 7.99. The third-order valence-corrected chi connectivity index (χ3v) is 5.76. The van der Waals surface area contributed by atoms with Crippen LogP contribution in [-0.2, 0) is 11.3 Å². The fraction of sp³-hybridized carbons (Fsp3) is 0.111. The van der Waals surface area contributed by atoms with Gasteiger partial charge in [-0.3, -0.25) is 4.79 Å². The number of hydrogen-bond acceptors (Lipinski definition) is 3. The van der Waals surface area contributed by atoms with E-state index >= 15 is 0 Å². The minimum atomic E-state index is -0.530. The molecule has 0 aliphatic rings. The average Bonchev–Trinajstić information content (AvgIpc) is 3.09. The molecule has 164 valence electrons. The molecule has 1 N–H and O–H groups in total. The zero-order valence-corrected chi connectivity index (χ0v) is 19.1. The number of nitrogens with zero attached hydrogens (tertiary/aromatic N) is 2. The van der Waals surface area contributed by atoms with Gasteiger partial charge in [0, 0.05) is 33.7 Å². The van der Waals surface area contributed by atoms with E-state index in [1.165, 1.54) is 12.7 Å². The van der Waals surface area contributed by atoms with Gasteiger partial charge in [0.05, 0.1) is 12.8 Å². The maximum absolute atomic E-state index is 13.0. The van der Waals surface area contributed by atoms with Crippen LogP contribution in [-0.4, -0.2) is 17.6 Å². The van der Waals surface area contributed by atoms with Crippen molar-refractivity contribution in [1.29, 1.82) is 5.26 Å². The number of amides is 1. The molecule has 3 aromatic carbocycles. The van der Waals surface area contributed by atoms with Crippen molar-refractivity contribution >= 4 is 40.2 Å². The molecule has 4 rings (SSSR count). The molecule has 4 aromatic rings. The summed E-state index contributed by atoms with van der Waals surface area (Å²) in [6, 6.07) is 25.1. The van der Waals surface area contributed by atoms with E-state index in [1.54, 1.807) is 24.3 Å². The van der Waals surface area contributed by atoms with Gasteiger partial charge in [-0.1, -0.05) is 60.1 Å². The zero-order chi connectivity index (χ0) is 23.4. The fourth-order valence-electron chi connectivity index (χ4n) is 3.87. The van der Waals surface area contributed by atoms with Crippen LogP contribution in [0.2, 0.25) is 5.02 Å². The summed E-state index contributed by atoms with van der Waals surface area (Å²) >= 11 is 6.07. The van der Waals surface area contributed by atoms with Gasteiger partial charge in [-0.25, -0.2) is 0 Å². The lowest BCUT2D eigenvalue weighted by atomic mass is 10.1. The number of carbonyl (C=O) groups excluding carboxylic acids is 1. The van der Waals surface area contributed by atoms with Gasteiger partial charge < -0.3 is 14.6 Å². The Balaban J connectivity index is 1.74. The Labute approximate surface area is 197 Å². The van der Waals surface area contributed by atoms with Crippen molar-refractivity contribution < 1.29 is 9.53 Å². The van der Waals surface area contributed by atoms with Gasteiger partial charge in [-0.05, 0) is 42.8 Å². The van der Waals surface area contributed by atoms with Crippen molar-refractivity contribution in [3.63, 3.8) is 0 Å². The van der Waals surface area contributed by atoms with Crippen molar-refractivity contribution in [2.45, 2.75) is 13.5 Å². The summed E-state index contributed by atoms with van der Waals surface area (Å²) in [6.07, 6.45) is 1.64. The lowest BCUT2D eigenvalue weighted by molar-refractivity contribution is -0.112. The minimum absolute atomic E-state index is 0.0113. The second-order valence-electron chi connectivity index (χ2n) is 7.56. The maximum atomic E-state index is 13.0. The van der Waals surface area contributed by atoms with Gasteiger partial charge in [0.1, 0.15) is 17.4 Å². The average molecular weight is 456 g/mol. The van der Waals surface area contributed by atoms with E-state index in [0.717, 1.165) is 22.2 Å². The number of nitrogens with one attached hydrogen (secondary N) is 1. The van der Waals surface area contributed by atoms with E-state index in [1.807, 2.05) is 55.5 Å². The van der Waals surface area contributed by atoms with E-state index in [2.05, 4.69) is 22.0 Å². The number of benzene rings is 3. The summed E-state index contributed by atoms with van der Waals surface area (Å²) < 4.78 is 7.49. The third kappa shape index (κ3) is 4.62. The highest BCUT2D eigenvalue weighted by atomic mass is 35.5. The number of rotatable bonds is 6. The maximum Gasteiger partial charge on any atom is 0.266 e. The number of nitriles is 1. The van der Waals surface area contributed by atoms with Crippen molar-refractivity contribution in [2.24, 2.45) is 0 Å². The van der Waals surface area contributed by atoms with Crippen LogP contribution in [0, 0.1) is 18.3 Å². The Morgan fingerprint density at radius 2 is 1.85 bits per heavy atom. The summed E-state index contributed by atoms with van der Waals surface area (Å²) in [5.74, 6) is -0.0713. The van der Waals surface area contributed by atoms with Gasteiger partial charge >= 0.3 is 0 Å². The van der Waals surface area contributed by atoms with E-state index < -0.39 is 5.91 Å². The first kappa shape index (κ1) is 22.2. The topological polar surface area (TPSA) is 67.0 Å². The molecule has 1 heterocycles. The smallest absolute Gasteiger partial charge is 0.266 e. The Kier molecular flexibility index (Phi) is 6.48. The van der Waals surface area contributed by atoms with E-state index in [9.17, 15) is 10.1 Å². The number of ether oxygens (including phenoxy) is 1. The summed E-state index contributed by atoms with van der Waals surface area (Å²) in [4.78, 5) is 13.0. The number of carbonyl (C=O) groups is 1. The number of aromatic nitrogens is 1. The van der Waals surface area contributed by atoms with Crippen LogP contribution in [0.15, 0.2) is 78.4 Å². The molecule has 6 heteroatoms. The lowest BCUT2D eigenvalue weighted by Gasteiger charge is -2.10. The van der Waals surface area contributed by atoms with Gasteiger partial charge in [0.25, 0.3) is 5.91 Å². The predicted molar refractivity (Wildman–Crippen MR) is 132 cm³/mol. The largest absolute Gasteiger partial charge is 0.495 e. The summed E-state index contributed by atoms with van der Waals surface area (Å²) in [7, 11) is 1.50. The standard InChI is InChI=1S/C27H22ClN3O2/c1-18-23(14-20(16-29)27(32)30-24-15-21(28)12-13-26(24)33-2)22-10-6-7-11-25(22)31(18)17-19-8-4-3-5-9-19/h3-15H,17H2,1-2H3,(H,30,32)/b20-14+. The number of para-hydroxylation sites is 1. The first-order valence-corrected chi connectivity index (χ1v) is 10.8. The normalized spacial score (nSPS) is 11.3. The molecule has 1 amide bonds.